The zero-order valence-corrected chi connectivity index (χ0v) is 7.65. The lowest BCUT2D eigenvalue weighted by atomic mass is 9.94. The highest BCUT2D eigenvalue weighted by molar-refractivity contribution is 6.02. The molecule has 0 atom stereocenters. The number of Topliss-reactive ketones (excluding diaryl/α,β-unsaturated/α-hetero) is 1. The summed E-state index contributed by atoms with van der Waals surface area (Å²) in [5.41, 5.74) is -0.645. The first kappa shape index (κ1) is 9.58. The van der Waals surface area contributed by atoms with Gasteiger partial charge in [0.15, 0.2) is 11.3 Å². The summed E-state index contributed by atoms with van der Waals surface area (Å²) < 4.78 is 0. The van der Waals surface area contributed by atoms with E-state index in [1.165, 1.54) is 13.8 Å². The van der Waals surface area contributed by atoms with Crippen LogP contribution in [0.5, 0.6) is 0 Å². The Morgan fingerprint density at radius 2 is 1.77 bits per heavy atom. The van der Waals surface area contributed by atoms with Gasteiger partial charge in [-0.15, -0.1) is 4.91 Å². The molecule has 0 N–H and O–H groups in total. The Labute approximate surface area is 76.7 Å². The highest BCUT2D eigenvalue weighted by Crippen LogP contribution is 2.16. The van der Waals surface area contributed by atoms with E-state index in [4.69, 9.17) is 0 Å². The lowest BCUT2D eigenvalue weighted by Crippen LogP contribution is -2.28. The Bertz CT molecular complexity index is 317. The summed E-state index contributed by atoms with van der Waals surface area (Å²) >= 11 is 0. The van der Waals surface area contributed by atoms with Crippen LogP contribution in [0.15, 0.2) is 35.5 Å². The summed E-state index contributed by atoms with van der Waals surface area (Å²) in [6.07, 6.45) is 0. The molecular formula is C10H11NO2. The monoisotopic (exact) mass is 177 g/mol. The standard InChI is InChI=1S/C10H11NO2/c1-10(2,11-13)9(12)8-6-4-3-5-7-8/h3-7H,1-2H3. The molecule has 13 heavy (non-hydrogen) atoms. The second kappa shape index (κ2) is 3.47. The summed E-state index contributed by atoms with van der Waals surface area (Å²) in [5.74, 6) is -0.247. The molecule has 0 aliphatic carbocycles. The van der Waals surface area contributed by atoms with Crippen LogP contribution in [0.2, 0.25) is 0 Å². The molecule has 0 heterocycles. The van der Waals surface area contributed by atoms with E-state index in [-0.39, 0.29) is 5.78 Å². The molecule has 0 amide bonds. The second-order valence-corrected chi connectivity index (χ2v) is 3.35. The number of hydrogen-bond acceptors (Lipinski definition) is 3. The molecule has 1 aromatic carbocycles. The predicted molar refractivity (Wildman–Crippen MR) is 50.6 cm³/mol. The van der Waals surface area contributed by atoms with Crippen LogP contribution in [0, 0.1) is 4.91 Å². The quantitative estimate of drug-likeness (QED) is 0.525. The third kappa shape index (κ3) is 1.99. The number of nitroso groups, excluding NO2 is 1. The van der Waals surface area contributed by atoms with Crippen LogP contribution in [0.1, 0.15) is 24.2 Å². The minimum Gasteiger partial charge on any atom is -0.291 e. The molecule has 0 fully saturated rings. The van der Waals surface area contributed by atoms with Crippen LogP contribution in [-0.4, -0.2) is 11.3 Å². The predicted octanol–water partition coefficient (Wildman–Crippen LogP) is 2.41. The number of benzene rings is 1. The summed E-state index contributed by atoms with van der Waals surface area (Å²) in [6, 6.07) is 8.69. The van der Waals surface area contributed by atoms with Crippen molar-refractivity contribution in [3.63, 3.8) is 0 Å². The van der Waals surface area contributed by atoms with Crippen LogP contribution in [0.4, 0.5) is 0 Å². The van der Waals surface area contributed by atoms with Crippen molar-refractivity contribution < 1.29 is 4.79 Å². The fourth-order valence-corrected chi connectivity index (χ4v) is 0.984. The van der Waals surface area contributed by atoms with Crippen LogP contribution in [-0.2, 0) is 0 Å². The van der Waals surface area contributed by atoms with Crippen molar-refractivity contribution in [1.82, 2.24) is 0 Å². The van der Waals surface area contributed by atoms with E-state index >= 15 is 0 Å². The van der Waals surface area contributed by atoms with Gasteiger partial charge in [-0.25, -0.2) is 0 Å². The van der Waals surface area contributed by atoms with E-state index in [2.05, 4.69) is 5.18 Å². The first-order valence-electron chi connectivity index (χ1n) is 4.02. The van der Waals surface area contributed by atoms with Crippen molar-refractivity contribution in [2.24, 2.45) is 5.18 Å². The van der Waals surface area contributed by atoms with Gasteiger partial charge in [-0.3, -0.25) is 4.79 Å². The van der Waals surface area contributed by atoms with Gasteiger partial charge in [0, 0.05) is 5.56 Å². The van der Waals surface area contributed by atoms with Crippen molar-refractivity contribution in [2.45, 2.75) is 19.4 Å². The summed E-state index contributed by atoms with van der Waals surface area (Å²) in [7, 11) is 0. The van der Waals surface area contributed by atoms with Gasteiger partial charge < -0.3 is 0 Å². The highest BCUT2D eigenvalue weighted by Gasteiger charge is 2.29. The van der Waals surface area contributed by atoms with Gasteiger partial charge in [0.1, 0.15) is 0 Å². The molecule has 0 aliphatic rings. The Balaban J connectivity index is 2.99. The third-order valence-electron chi connectivity index (χ3n) is 1.82. The number of nitrogens with zero attached hydrogens (tertiary/aromatic N) is 1. The molecule has 0 unspecified atom stereocenters. The number of rotatable bonds is 3. The molecule has 3 heteroatoms. The Morgan fingerprint density at radius 3 is 2.23 bits per heavy atom. The SMILES string of the molecule is CC(C)(N=O)C(=O)c1ccccc1. The zero-order valence-electron chi connectivity index (χ0n) is 7.65. The maximum absolute atomic E-state index is 11.6. The number of carbonyl (C=O) groups excluding carboxylic acids is 1. The molecule has 0 radical (unpaired) electrons. The normalized spacial score (nSPS) is 10.9. The molecule has 68 valence electrons. The van der Waals surface area contributed by atoms with Crippen LogP contribution in [0.25, 0.3) is 0 Å². The van der Waals surface area contributed by atoms with E-state index in [0.717, 1.165) is 0 Å². The highest BCUT2D eigenvalue weighted by atomic mass is 16.3. The number of carbonyl (C=O) groups is 1. The smallest absolute Gasteiger partial charge is 0.193 e. The molecule has 3 nitrogen and oxygen atoms in total. The molecule has 0 spiro atoms. The van der Waals surface area contributed by atoms with Crippen molar-refractivity contribution in [2.75, 3.05) is 0 Å². The summed E-state index contributed by atoms with van der Waals surface area (Å²) in [5, 5.41) is 2.80. The molecule has 1 rings (SSSR count). The lowest BCUT2D eigenvalue weighted by molar-refractivity contribution is 0.0914. The van der Waals surface area contributed by atoms with Gasteiger partial charge in [-0.05, 0) is 13.8 Å². The summed E-state index contributed by atoms with van der Waals surface area (Å²) in [6.45, 7) is 3.02. The van der Waals surface area contributed by atoms with Crippen LogP contribution < -0.4 is 0 Å². The second-order valence-electron chi connectivity index (χ2n) is 3.35. The molecule has 0 saturated carbocycles. The van der Waals surface area contributed by atoms with Gasteiger partial charge in [0.25, 0.3) is 0 Å². The van der Waals surface area contributed by atoms with E-state index in [1.54, 1.807) is 24.3 Å². The Hall–Kier alpha value is -1.51. The molecule has 1 aromatic rings. The fraction of sp³-hybridized carbons (Fsp3) is 0.300. The van der Waals surface area contributed by atoms with E-state index in [1.807, 2.05) is 6.07 Å². The van der Waals surface area contributed by atoms with Crippen molar-refractivity contribution in [3.05, 3.63) is 40.8 Å². The molecule has 0 saturated heterocycles. The van der Waals surface area contributed by atoms with Crippen LogP contribution in [0.3, 0.4) is 0 Å². The van der Waals surface area contributed by atoms with Crippen molar-refractivity contribution >= 4 is 5.78 Å². The number of hydrogen-bond donors (Lipinski definition) is 0. The zero-order chi connectivity index (χ0) is 9.90. The van der Waals surface area contributed by atoms with E-state index in [9.17, 15) is 9.70 Å². The largest absolute Gasteiger partial charge is 0.291 e. The fourth-order valence-electron chi connectivity index (χ4n) is 0.984. The van der Waals surface area contributed by atoms with Crippen molar-refractivity contribution in [1.29, 1.82) is 0 Å². The van der Waals surface area contributed by atoms with Crippen molar-refractivity contribution in [3.8, 4) is 0 Å². The van der Waals surface area contributed by atoms with E-state index in [0.29, 0.717) is 5.56 Å². The lowest BCUT2D eigenvalue weighted by Gasteiger charge is -2.12. The first-order chi connectivity index (χ1) is 6.08. The minimum absolute atomic E-state index is 0.247. The third-order valence-corrected chi connectivity index (χ3v) is 1.82. The average molecular weight is 177 g/mol. The molecule has 0 aliphatic heterocycles. The van der Waals surface area contributed by atoms with Gasteiger partial charge in [-0.2, -0.15) is 0 Å². The van der Waals surface area contributed by atoms with Gasteiger partial charge in [0.05, 0.1) is 0 Å². The number of ketones is 1. The molecule has 0 bridgehead atoms. The maximum Gasteiger partial charge on any atom is 0.193 e. The molecular weight excluding hydrogens is 166 g/mol. The maximum atomic E-state index is 11.6. The topological polar surface area (TPSA) is 46.5 Å². The van der Waals surface area contributed by atoms with Gasteiger partial charge in [0.2, 0.25) is 0 Å². The minimum atomic E-state index is -1.17. The van der Waals surface area contributed by atoms with Gasteiger partial charge in [-0.1, -0.05) is 35.5 Å². The average Bonchev–Trinajstić information content (AvgIpc) is 2.18. The van der Waals surface area contributed by atoms with Gasteiger partial charge >= 0.3 is 0 Å². The first-order valence-corrected chi connectivity index (χ1v) is 4.02. The van der Waals surface area contributed by atoms with E-state index < -0.39 is 5.54 Å². The molecule has 0 aromatic heterocycles. The Kier molecular flexibility index (Phi) is 2.56. The van der Waals surface area contributed by atoms with Crippen LogP contribution >= 0.6 is 0 Å². The Morgan fingerprint density at radius 1 is 1.23 bits per heavy atom. The summed E-state index contributed by atoms with van der Waals surface area (Å²) in [4.78, 5) is 22.0.